The lowest BCUT2D eigenvalue weighted by Gasteiger charge is -2.31. The normalized spacial score (nSPS) is 17.1. The van der Waals surface area contributed by atoms with Crippen LogP contribution in [0.4, 0.5) is 5.69 Å². The average Bonchev–Trinajstić information content (AvgIpc) is 2.79. The van der Waals surface area contributed by atoms with Gasteiger partial charge in [-0.2, -0.15) is 5.10 Å². The van der Waals surface area contributed by atoms with E-state index in [1.807, 2.05) is 6.92 Å². The van der Waals surface area contributed by atoms with E-state index in [0.29, 0.717) is 17.3 Å². The fourth-order valence-electron chi connectivity index (χ4n) is 2.95. The molecule has 1 aliphatic heterocycles. The van der Waals surface area contributed by atoms with Gasteiger partial charge in [0.2, 0.25) is 0 Å². The molecule has 1 amide bonds. The number of hydrogen-bond acceptors (Lipinski definition) is 4. The Morgan fingerprint density at radius 3 is 2.57 bits per heavy atom. The molecule has 2 heterocycles. The topological polar surface area (TPSA) is 76.2 Å². The highest BCUT2D eigenvalue weighted by atomic mass is 16.2. The molecule has 1 aromatic heterocycles. The Labute approximate surface area is 126 Å². The Balaban J connectivity index is 1.89. The number of nitrogens with one attached hydrogen (secondary N) is 1. The summed E-state index contributed by atoms with van der Waals surface area (Å²) in [6.07, 6.45) is 3.03. The molecule has 21 heavy (non-hydrogen) atoms. The summed E-state index contributed by atoms with van der Waals surface area (Å²) in [6, 6.07) is 0. The minimum absolute atomic E-state index is 0.111. The summed E-state index contributed by atoms with van der Waals surface area (Å²) < 4.78 is 1.59. The third-order valence-electron chi connectivity index (χ3n) is 4.42. The molecular weight excluding hydrogens is 266 g/mol. The highest BCUT2D eigenvalue weighted by Crippen LogP contribution is 2.18. The van der Waals surface area contributed by atoms with Crippen molar-refractivity contribution in [1.82, 2.24) is 20.0 Å². The van der Waals surface area contributed by atoms with Gasteiger partial charge >= 0.3 is 0 Å². The summed E-state index contributed by atoms with van der Waals surface area (Å²) >= 11 is 0. The number of likely N-dealkylation sites (tertiary alicyclic amines) is 1. The minimum Gasteiger partial charge on any atom is -0.395 e. The van der Waals surface area contributed by atoms with Crippen molar-refractivity contribution < 1.29 is 4.79 Å². The molecule has 6 nitrogen and oxygen atoms in total. The average molecular weight is 293 g/mol. The predicted molar refractivity (Wildman–Crippen MR) is 84.2 cm³/mol. The number of piperidine rings is 1. The van der Waals surface area contributed by atoms with Gasteiger partial charge in [-0.25, -0.2) is 0 Å². The van der Waals surface area contributed by atoms with Crippen LogP contribution < -0.4 is 11.1 Å². The Hall–Kier alpha value is -1.56. The monoisotopic (exact) mass is 293 g/mol. The van der Waals surface area contributed by atoms with Gasteiger partial charge in [-0.15, -0.1) is 0 Å². The van der Waals surface area contributed by atoms with Crippen LogP contribution >= 0.6 is 0 Å². The number of carbonyl (C=O) groups excluding carboxylic acids is 1. The number of nitrogens with zero attached hydrogens (tertiary/aromatic N) is 3. The summed E-state index contributed by atoms with van der Waals surface area (Å²) in [7, 11) is 1.77. The van der Waals surface area contributed by atoms with Gasteiger partial charge in [-0.05, 0) is 44.8 Å². The first-order valence-electron chi connectivity index (χ1n) is 7.88. The van der Waals surface area contributed by atoms with E-state index in [9.17, 15) is 4.79 Å². The van der Waals surface area contributed by atoms with E-state index in [4.69, 9.17) is 5.73 Å². The molecule has 1 aromatic rings. The number of rotatable bonds is 5. The van der Waals surface area contributed by atoms with E-state index in [1.54, 1.807) is 11.7 Å². The molecule has 0 unspecified atom stereocenters. The van der Waals surface area contributed by atoms with Gasteiger partial charge in [0.15, 0.2) is 0 Å². The molecule has 0 aliphatic carbocycles. The maximum atomic E-state index is 12.3. The van der Waals surface area contributed by atoms with E-state index in [1.165, 1.54) is 0 Å². The van der Waals surface area contributed by atoms with Crippen LogP contribution in [0.3, 0.4) is 0 Å². The van der Waals surface area contributed by atoms with Crippen LogP contribution in [-0.4, -0.2) is 46.8 Å². The van der Waals surface area contributed by atoms with Gasteiger partial charge in [-0.3, -0.25) is 9.48 Å². The predicted octanol–water partition coefficient (Wildman–Crippen LogP) is 1.03. The largest absolute Gasteiger partial charge is 0.395 e. The maximum absolute atomic E-state index is 12.3. The first-order chi connectivity index (χ1) is 10.1. The van der Waals surface area contributed by atoms with Gasteiger partial charge in [0, 0.05) is 13.6 Å². The number of carbonyl (C=O) groups is 1. The molecule has 1 aliphatic rings. The van der Waals surface area contributed by atoms with E-state index >= 15 is 0 Å². The second-order valence-electron chi connectivity index (χ2n) is 5.77. The van der Waals surface area contributed by atoms with E-state index < -0.39 is 0 Å². The van der Waals surface area contributed by atoms with Gasteiger partial charge in [0.05, 0.1) is 11.4 Å². The van der Waals surface area contributed by atoms with Crippen molar-refractivity contribution in [2.75, 3.05) is 31.9 Å². The number of nitrogens with two attached hydrogens (primary N) is 1. The molecule has 2 rings (SSSR count). The maximum Gasteiger partial charge on any atom is 0.271 e. The lowest BCUT2D eigenvalue weighted by molar-refractivity contribution is 0.0928. The zero-order valence-corrected chi connectivity index (χ0v) is 13.4. The highest BCUT2D eigenvalue weighted by Gasteiger charge is 2.22. The number of aryl methyl sites for hydroxylation is 2. The Morgan fingerprint density at radius 1 is 1.38 bits per heavy atom. The number of anilines is 1. The van der Waals surface area contributed by atoms with Crippen molar-refractivity contribution in [2.24, 2.45) is 13.0 Å². The summed E-state index contributed by atoms with van der Waals surface area (Å²) in [5.74, 6) is 0.456. The van der Waals surface area contributed by atoms with Crippen molar-refractivity contribution >= 4 is 11.6 Å². The van der Waals surface area contributed by atoms with Crippen LogP contribution in [-0.2, 0) is 13.5 Å². The lowest BCUT2D eigenvalue weighted by atomic mass is 9.97. The zero-order valence-electron chi connectivity index (χ0n) is 13.4. The van der Waals surface area contributed by atoms with Gasteiger partial charge in [-0.1, -0.05) is 13.8 Å². The standard InChI is InChI=1S/C15H27N5O/c1-4-12-13(16)14(19(3)18-12)15(21)17-10-11-6-8-20(5-2)9-7-11/h11H,4-10,16H2,1-3H3,(H,17,21). The molecule has 0 saturated carbocycles. The first kappa shape index (κ1) is 15.8. The highest BCUT2D eigenvalue weighted by molar-refractivity contribution is 5.97. The van der Waals surface area contributed by atoms with Crippen molar-refractivity contribution in [2.45, 2.75) is 33.1 Å². The second kappa shape index (κ2) is 6.93. The minimum atomic E-state index is -0.111. The van der Waals surface area contributed by atoms with Crippen molar-refractivity contribution in [3.8, 4) is 0 Å². The molecule has 6 heteroatoms. The van der Waals surface area contributed by atoms with Gasteiger partial charge in [0.1, 0.15) is 5.69 Å². The van der Waals surface area contributed by atoms with Crippen LogP contribution in [0.15, 0.2) is 0 Å². The summed E-state index contributed by atoms with van der Waals surface area (Å²) in [6.45, 7) is 8.28. The number of amides is 1. The summed E-state index contributed by atoms with van der Waals surface area (Å²) in [4.78, 5) is 14.8. The van der Waals surface area contributed by atoms with Crippen molar-refractivity contribution in [3.05, 3.63) is 11.4 Å². The van der Waals surface area contributed by atoms with E-state index in [-0.39, 0.29) is 5.91 Å². The second-order valence-corrected chi connectivity index (χ2v) is 5.77. The molecule has 118 valence electrons. The van der Waals surface area contributed by atoms with E-state index in [0.717, 1.165) is 51.1 Å². The van der Waals surface area contributed by atoms with Crippen LogP contribution in [0.5, 0.6) is 0 Å². The van der Waals surface area contributed by atoms with Gasteiger partial charge in [0.25, 0.3) is 5.91 Å². The van der Waals surface area contributed by atoms with Crippen molar-refractivity contribution in [3.63, 3.8) is 0 Å². The van der Waals surface area contributed by atoms with Crippen LogP contribution in [0.2, 0.25) is 0 Å². The molecule has 1 saturated heterocycles. The SMILES string of the molecule is CCc1nn(C)c(C(=O)NCC2CCN(CC)CC2)c1N. The molecular formula is C15H27N5O. The third-order valence-corrected chi connectivity index (χ3v) is 4.42. The molecule has 0 aromatic carbocycles. The lowest BCUT2D eigenvalue weighted by Crippen LogP contribution is -2.38. The van der Waals surface area contributed by atoms with Crippen LogP contribution in [0.25, 0.3) is 0 Å². The fraction of sp³-hybridized carbons (Fsp3) is 0.733. The summed E-state index contributed by atoms with van der Waals surface area (Å²) in [5, 5.41) is 7.31. The third kappa shape index (κ3) is 3.56. The summed E-state index contributed by atoms with van der Waals surface area (Å²) in [5.41, 5.74) is 7.80. The van der Waals surface area contributed by atoms with Gasteiger partial charge < -0.3 is 16.0 Å². The Bertz CT molecular complexity index is 488. The smallest absolute Gasteiger partial charge is 0.271 e. The van der Waals surface area contributed by atoms with Crippen molar-refractivity contribution in [1.29, 1.82) is 0 Å². The fourth-order valence-corrected chi connectivity index (χ4v) is 2.95. The number of aromatic nitrogens is 2. The number of hydrogen-bond donors (Lipinski definition) is 2. The first-order valence-corrected chi connectivity index (χ1v) is 7.88. The van der Waals surface area contributed by atoms with Crippen LogP contribution in [0, 0.1) is 5.92 Å². The Morgan fingerprint density at radius 2 is 2.05 bits per heavy atom. The molecule has 3 N–H and O–H groups in total. The molecule has 0 spiro atoms. The Kier molecular flexibility index (Phi) is 5.22. The molecule has 0 bridgehead atoms. The molecule has 0 radical (unpaired) electrons. The molecule has 1 fully saturated rings. The quantitative estimate of drug-likeness (QED) is 0.850. The molecule has 0 atom stereocenters. The zero-order chi connectivity index (χ0) is 15.4. The van der Waals surface area contributed by atoms with E-state index in [2.05, 4.69) is 22.2 Å². The van der Waals surface area contributed by atoms with Crippen LogP contribution in [0.1, 0.15) is 42.9 Å². The number of nitrogen functional groups attached to an aromatic ring is 1.